The van der Waals surface area contributed by atoms with Crippen molar-refractivity contribution in [1.82, 2.24) is 5.32 Å². The Morgan fingerprint density at radius 3 is 2.59 bits per heavy atom. The summed E-state index contributed by atoms with van der Waals surface area (Å²) in [5, 5.41) is 13.0. The largest absolute Gasteiger partial charge is 0.393 e. The third-order valence-electron chi connectivity index (χ3n) is 3.33. The summed E-state index contributed by atoms with van der Waals surface area (Å²) >= 11 is 0. The Bertz CT molecular complexity index is 445. The van der Waals surface area contributed by atoms with Crippen LogP contribution in [-0.2, 0) is 0 Å². The minimum atomic E-state index is -0.359. The Morgan fingerprint density at radius 1 is 1.35 bits per heavy atom. The van der Waals surface area contributed by atoms with Crippen molar-refractivity contribution >= 4 is 5.70 Å². The fraction of sp³-hybridized carbons (Fsp3) is 0.333. The number of hydrogen-bond acceptors (Lipinski definition) is 2. The lowest BCUT2D eigenvalue weighted by molar-refractivity contribution is 0.139. The standard InChI is InChI=1S/C15H19NO/c1-10-9-14(12(3)17)11(2)16-15(10)13-7-5-4-6-8-13/h4-8,12,14,16-17H,2,9H2,1,3H3. The van der Waals surface area contributed by atoms with Crippen LogP contribution in [-0.4, -0.2) is 11.2 Å². The maximum atomic E-state index is 9.70. The SMILES string of the molecule is C=C1NC(c2ccccc2)=C(C)CC1C(C)O. The van der Waals surface area contributed by atoms with Crippen LogP contribution in [0, 0.1) is 5.92 Å². The van der Waals surface area contributed by atoms with Crippen LogP contribution < -0.4 is 5.32 Å². The number of hydrogen-bond donors (Lipinski definition) is 2. The smallest absolute Gasteiger partial charge is 0.0597 e. The summed E-state index contributed by atoms with van der Waals surface area (Å²) < 4.78 is 0. The van der Waals surface area contributed by atoms with Crippen molar-refractivity contribution in [2.45, 2.75) is 26.4 Å². The van der Waals surface area contributed by atoms with Gasteiger partial charge in [0.25, 0.3) is 0 Å². The number of aliphatic hydroxyl groups is 1. The molecule has 2 N–H and O–H groups in total. The topological polar surface area (TPSA) is 32.3 Å². The first-order valence-electron chi connectivity index (χ1n) is 5.98. The molecule has 1 heterocycles. The Kier molecular flexibility index (Phi) is 3.34. The lowest BCUT2D eigenvalue weighted by Gasteiger charge is -2.31. The zero-order valence-electron chi connectivity index (χ0n) is 10.4. The minimum absolute atomic E-state index is 0.113. The Labute approximate surface area is 103 Å². The summed E-state index contributed by atoms with van der Waals surface area (Å²) in [6, 6.07) is 10.2. The Morgan fingerprint density at radius 2 is 2.00 bits per heavy atom. The third kappa shape index (κ3) is 2.42. The molecule has 0 spiro atoms. The summed E-state index contributed by atoms with van der Waals surface area (Å²) in [5.74, 6) is 0.113. The predicted octanol–water partition coefficient (Wildman–Crippen LogP) is 2.92. The normalized spacial score (nSPS) is 22.3. The highest BCUT2D eigenvalue weighted by molar-refractivity contribution is 5.69. The van der Waals surface area contributed by atoms with Gasteiger partial charge in [0, 0.05) is 17.3 Å². The Balaban J connectivity index is 2.31. The highest BCUT2D eigenvalue weighted by Gasteiger charge is 2.25. The van der Waals surface area contributed by atoms with E-state index in [0.717, 1.165) is 17.8 Å². The van der Waals surface area contributed by atoms with Crippen LogP contribution in [0.1, 0.15) is 25.8 Å². The van der Waals surface area contributed by atoms with Crippen molar-refractivity contribution in [2.24, 2.45) is 5.92 Å². The first-order valence-corrected chi connectivity index (χ1v) is 5.98. The van der Waals surface area contributed by atoms with E-state index in [1.54, 1.807) is 0 Å². The Hall–Kier alpha value is -1.54. The van der Waals surface area contributed by atoms with Gasteiger partial charge in [-0.05, 0) is 31.4 Å². The molecule has 1 aromatic rings. The second-order valence-electron chi connectivity index (χ2n) is 4.72. The van der Waals surface area contributed by atoms with Crippen LogP contribution in [0.3, 0.4) is 0 Å². The number of benzene rings is 1. The van der Waals surface area contributed by atoms with Crippen LogP contribution in [0.2, 0.25) is 0 Å². The maximum absolute atomic E-state index is 9.70. The van der Waals surface area contributed by atoms with E-state index in [-0.39, 0.29) is 12.0 Å². The van der Waals surface area contributed by atoms with E-state index in [4.69, 9.17) is 0 Å². The average molecular weight is 229 g/mol. The second kappa shape index (κ2) is 4.76. The molecule has 2 nitrogen and oxygen atoms in total. The molecule has 2 heteroatoms. The molecule has 0 saturated carbocycles. The van der Waals surface area contributed by atoms with Crippen molar-refractivity contribution in [1.29, 1.82) is 0 Å². The summed E-state index contributed by atoms with van der Waals surface area (Å²) in [5.41, 5.74) is 4.49. The fourth-order valence-corrected chi connectivity index (χ4v) is 2.30. The molecular formula is C15H19NO. The molecule has 2 atom stereocenters. The van der Waals surface area contributed by atoms with Gasteiger partial charge in [-0.15, -0.1) is 0 Å². The van der Waals surface area contributed by atoms with Crippen LogP contribution in [0.4, 0.5) is 0 Å². The van der Waals surface area contributed by atoms with E-state index in [1.807, 2.05) is 25.1 Å². The van der Waals surface area contributed by atoms with Crippen molar-refractivity contribution in [3.05, 3.63) is 53.7 Å². The maximum Gasteiger partial charge on any atom is 0.0597 e. The lowest BCUT2D eigenvalue weighted by Crippen LogP contribution is -2.31. The third-order valence-corrected chi connectivity index (χ3v) is 3.33. The number of allylic oxidation sites excluding steroid dienone is 1. The van der Waals surface area contributed by atoms with Gasteiger partial charge in [-0.2, -0.15) is 0 Å². The molecule has 1 aliphatic rings. The van der Waals surface area contributed by atoms with Crippen molar-refractivity contribution < 1.29 is 5.11 Å². The van der Waals surface area contributed by atoms with Gasteiger partial charge in [0.2, 0.25) is 0 Å². The molecule has 1 aromatic carbocycles. The molecule has 0 fully saturated rings. The van der Waals surface area contributed by atoms with Gasteiger partial charge in [0.15, 0.2) is 0 Å². The van der Waals surface area contributed by atoms with Gasteiger partial charge in [-0.3, -0.25) is 0 Å². The van der Waals surface area contributed by atoms with Crippen molar-refractivity contribution in [2.75, 3.05) is 0 Å². The minimum Gasteiger partial charge on any atom is -0.393 e. The molecule has 90 valence electrons. The summed E-state index contributed by atoms with van der Waals surface area (Å²) in [6.07, 6.45) is 0.510. The zero-order chi connectivity index (χ0) is 12.4. The molecular weight excluding hydrogens is 210 g/mol. The molecule has 0 aromatic heterocycles. The summed E-state index contributed by atoms with van der Waals surface area (Å²) in [6.45, 7) is 7.95. The summed E-state index contributed by atoms with van der Waals surface area (Å²) in [7, 11) is 0. The number of nitrogens with one attached hydrogen (secondary N) is 1. The molecule has 0 aliphatic carbocycles. The molecule has 0 amide bonds. The molecule has 0 radical (unpaired) electrons. The van der Waals surface area contributed by atoms with Crippen molar-refractivity contribution in [3.63, 3.8) is 0 Å². The van der Waals surface area contributed by atoms with Crippen LogP contribution in [0.15, 0.2) is 48.2 Å². The molecule has 2 rings (SSSR count). The second-order valence-corrected chi connectivity index (χ2v) is 4.72. The monoisotopic (exact) mass is 229 g/mol. The average Bonchev–Trinajstić information content (AvgIpc) is 2.32. The summed E-state index contributed by atoms with van der Waals surface area (Å²) in [4.78, 5) is 0. The van der Waals surface area contributed by atoms with Gasteiger partial charge >= 0.3 is 0 Å². The quantitative estimate of drug-likeness (QED) is 0.817. The van der Waals surface area contributed by atoms with Gasteiger partial charge in [0.1, 0.15) is 0 Å². The van der Waals surface area contributed by atoms with Gasteiger partial charge in [-0.1, -0.05) is 36.9 Å². The van der Waals surface area contributed by atoms with Crippen LogP contribution in [0.5, 0.6) is 0 Å². The molecule has 17 heavy (non-hydrogen) atoms. The van der Waals surface area contributed by atoms with Gasteiger partial charge in [0.05, 0.1) is 6.10 Å². The first-order chi connectivity index (χ1) is 8.09. The van der Waals surface area contributed by atoms with Crippen LogP contribution in [0.25, 0.3) is 5.70 Å². The molecule has 2 unspecified atom stereocenters. The number of aliphatic hydroxyl groups excluding tert-OH is 1. The highest BCUT2D eigenvalue weighted by atomic mass is 16.3. The fourth-order valence-electron chi connectivity index (χ4n) is 2.30. The molecule has 1 aliphatic heterocycles. The molecule has 0 bridgehead atoms. The van der Waals surface area contributed by atoms with E-state index in [2.05, 4.69) is 31.0 Å². The predicted molar refractivity (Wildman–Crippen MR) is 71.1 cm³/mol. The van der Waals surface area contributed by atoms with E-state index in [9.17, 15) is 5.11 Å². The van der Waals surface area contributed by atoms with E-state index < -0.39 is 0 Å². The number of rotatable bonds is 2. The van der Waals surface area contributed by atoms with E-state index >= 15 is 0 Å². The molecule has 0 saturated heterocycles. The first kappa shape index (κ1) is 11.9. The zero-order valence-corrected chi connectivity index (χ0v) is 10.4. The van der Waals surface area contributed by atoms with Gasteiger partial charge in [-0.25, -0.2) is 0 Å². The highest BCUT2D eigenvalue weighted by Crippen LogP contribution is 2.32. The lowest BCUT2D eigenvalue weighted by atomic mass is 9.87. The van der Waals surface area contributed by atoms with E-state index in [0.29, 0.717) is 0 Å². The van der Waals surface area contributed by atoms with E-state index in [1.165, 1.54) is 11.1 Å². The van der Waals surface area contributed by atoms with Gasteiger partial charge < -0.3 is 10.4 Å². The van der Waals surface area contributed by atoms with Crippen LogP contribution >= 0.6 is 0 Å². The van der Waals surface area contributed by atoms with Crippen molar-refractivity contribution in [3.8, 4) is 0 Å².